The van der Waals surface area contributed by atoms with E-state index in [-0.39, 0.29) is 38.7 Å². The van der Waals surface area contributed by atoms with Crippen LogP contribution in [0.15, 0.2) is 48.6 Å². The van der Waals surface area contributed by atoms with Gasteiger partial charge in [-0.1, -0.05) is 184 Å². The highest BCUT2D eigenvalue weighted by atomic mass is 31.2. The minimum atomic E-state index is -4.40. The molecule has 338 valence electrons. The van der Waals surface area contributed by atoms with Crippen molar-refractivity contribution in [2.75, 3.05) is 26.4 Å². The van der Waals surface area contributed by atoms with Gasteiger partial charge in [0.05, 0.1) is 19.3 Å². The first-order valence-corrected chi connectivity index (χ1v) is 24.7. The average molecular weight is 840 g/mol. The molecule has 0 amide bonds. The molecule has 2 unspecified atom stereocenters. The smallest absolute Gasteiger partial charge is 0.462 e. The van der Waals surface area contributed by atoms with E-state index < -0.39 is 32.5 Å². The van der Waals surface area contributed by atoms with E-state index >= 15 is 0 Å². The molecule has 0 aromatic heterocycles. The Morgan fingerprint density at radius 3 is 1.55 bits per heavy atom. The zero-order chi connectivity index (χ0) is 42.6. The molecule has 0 bridgehead atoms. The Bertz CT molecular complexity index is 1110. The molecule has 0 spiro atoms. The van der Waals surface area contributed by atoms with E-state index in [0.29, 0.717) is 19.3 Å². The molecule has 0 aromatic rings. The van der Waals surface area contributed by atoms with Crippen molar-refractivity contribution in [1.29, 1.82) is 0 Å². The van der Waals surface area contributed by atoms with Gasteiger partial charge in [0.2, 0.25) is 0 Å². The second-order valence-corrected chi connectivity index (χ2v) is 16.9. The molecule has 0 aliphatic carbocycles. The summed E-state index contributed by atoms with van der Waals surface area (Å²) in [6.45, 7) is 3.48. The first kappa shape index (κ1) is 55.9. The lowest BCUT2D eigenvalue weighted by molar-refractivity contribution is -0.161. The van der Waals surface area contributed by atoms with Crippen LogP contribution in [0, 0.1) is 0 Å². The number of ether oxygens (including phenoxy) is 2. The van der Waals surface area contributed by atoms with Crippen molar-refractivity contribution in [2.24, 2.45) is 5.73 Å². The lowest BCUT2D eigenvalue weighted by atomic mass is 10.0. The highest BCUT2D eigenvalue weighted by Gasteiger charge is 2.26. The van der Waals surface area contributed by atoms with Gasteiger partial charge >= 0.3 is 19.8 Å². The molecule has 0 aliphatic heterocycles. The standard InChI is InChI=1S/C47H86NO9P/c1-3-5-6-7-8-9-10-11-12-13-14-15-16-19-22-25-28-31-34-38-46(50)54-42-45(43-56-58(52,53)55-41-40-48)57-47(51)39-35-32-29-26-23-20-17-18-21-24-27-30-33-37-44(49)36-4-2/h17,20-21,24,26,29-30,33,44-45,49H,3-16,18-19,22-23,25,27-28,31-32,34-43,48H2,1-2H3,(H,52,53)/b20-17-,24-21-,29-26-,33-30-/t44?,45-/m1/s1. The lowest BCUT2D eigenvalue weighted by Crippen LogP contribution is -2.29. The summed E-state index contributed by atoms with van der Waals surface area (Å²) < 4.78 is 32.7. The maximum Gasteiger partial charge on any atom is 0.472 e. The Hall–Kier alpha value is -2.07. The van der Waals surface area contributed by atoms with Crippen molar-refractivity contribution >= 4 is 19.8 Å². The van der Waals surface area contributed by atoms with Crippen LogP contribution >= 0.6 is 7.82 Å². The summed E-state index contributed by atoms with van der Waals surface area (Å²) in [5, 5.41) is 9.73. The van der Waals surface area contributed by atoms with Gasteiger partial charge in [0, 0.05) is 19.4 Å². The van der Waals surface area contributed by atoms with Crippen LogP contribution in [0.1, 0.15) is 200 Å². The zero-order valence-electron chi connectivity index (χ0n) is 36.9. The van der Waals surface area contributed by atoms with Crippen LogP contribution in [0.2, 0.25) is 0 Å². The third-order valence-corrected chi connectivity index (χ3v) is 10.8. The van der Waals surface area contributed by atoms with Crippen molar-refractivity contribution in [3.8, 4) is 0 Å². The highest BCUT2D eigenvalue weighted by molar-refractivity contribution is 7.47. The number of phosphoric acid groups is 1. The van der Waals surface area contributed by atoms with Crippen LogP contribution in [0.25, 0.3) is 0 Å². The van der Waals surface area contributed by atoms with Gasteiger partial charge in [-0.3, -0.25) is 18.6 Å². The van der Waals surface area contributed by atoms with Crippen LogP contribution < -0.4 is 5.73 Å². The van der Waals surface area contributed by atoms with Gasteiger partial charge in [-0.05, 0) is 51.4 Å². The average Bonchev–Trinajstić information content (AvgIpc) is 3.20. The molecular weight excluding hydrogens is 753 g/mol. The van der Waals surface area contributed by atoms with Gasteiger partial charge in [0.1, 0.15) is 6.61 Å². The molecule has 4 N–H and O–H groups in total. The molecule has 0 heterocycles. The Labute approximate surface area is 354 Å². The van der Waals surface area contributed by atoms with Crippen LogP contribution in [-0.2, 0) is 32.7 Å². The SMILES string of the molecule is CCCCCCCCCCCCCCCCCCCCCC(=O)OC[C@H](COP(=O)(O)OCCN)OC(=O)CCC/C=C\C/C=C\C/C=C\C/C=C\CC(O)CCC. The first-order chi connectivity index (χ1) is 28.2. The van der Waals surface area contributed by atoms with E-state index in [9.17, 15) is 24.2 Å². The first-order valence-electron chi connectivity index (χ1n) is 23.2. The van der Waals surface area contributed by atoms with Gasteiger partial charge < -0.3 is 25.2 Å². The van der Waals surface area contributed by atoms with Crippen LogP contribution in [0.3, 0.4) is 0 Å². The number of hydrogen-bond acceptors (Lipinski definition) is 9. The summed E-state index contributed by atoms with van der Waals surface area (Å²) in [4.78, 5) is 34.9. The van der Waals surface area contributed by atoms with E-state index in [2.05, 4.69) is 44.2 Å². The van der Waals surface area contributed by atoms with E-state index in [1.807, 2.05) is 18.2 Å². The third kappa shape index (κ3) is 42.1. The van der Waals surface area contributed by atoms with E-state index in [4.69, 9.17) is 24.3 Å². The quantitative estimate of drug-likeness (QED) is 0.0234. The molecule has 0 saturated carbocycles. The van der Waals surface area contributed by atoms with Crippen molar-refractivity contribution in [1.82, 2.24) is 0 Å². The number of allylic oxidation sites excluding steroid dienone is 7. The molecule has 0 aromatic carbocycles. The zero-order valence-corrected chi connectivity index (χ0v) is 37.8. The Morgan fingerprint density at radius 1 is 0.586 bits per heavy atom. The largest absolute Gasteiger partial charge is 0.472 e. The number of phosphoric ester groups is 1. The molecule has 58 heavy (non-hydrogen) atoms. The number of hydrogen-bond donors (Lipinski definition) is 3. The normalized spacial score (nSPS) is 14.2. The van der Waals surface area contributed by atoms with Crippen LogP contribution in [0.4, 0.5) is 0 Å². The maximum absolute atomic E-state index is 12.6. The van der Waals surface area contributed by atoms with Gasteiger partial charge in [0.25, 0.3) is 0 Å². The number of carbonyl (C=O) groups is 2. The molecule has 0 saturated heterocycles. The minimum Gasteiger partial charge on any atom is -0.462 e. The number of unbranched alkanes of at least 4 members (excludes halogenated alkanes) is 19. The van der Waals surface area contributed by atoms with E-state index in [0.717, 1.165) is 51.4 Å². The number of aliphatic hydroxyl groups excluding tert-OH is 1. The Balaban J connectivity index is 4.19. The number of aliphatic hydroxyl groups is 1. The summed E-state index contributed by atoms with van der Waals surface area (Å²) in [6, 6.07) is 0. The fraction of sp³-hybridized carbons (Fsp3) is 0.787. The highest BCUT2D eigenvalue weighted by Crippen LogP contribution is 2.43. The van der Waals surface area contributed by atoms with Crippen molar-refractivity contribution < 1.29 is 42.7 Å². The van der Waals surface area contributed by atoms with Crippen LogP contribution in [-0.4, -0.2) is 60.5 Å². The summed E-state index contributed by atoms with van der Waals surface area (Å²) in [5.74, 6) is -0.909. The molecule has 10 nitrogen and oxygen atoms in total. The molecule has 0 radical (unpaired) electrons. The molecular formula is C47H86NO9P. The molecule has 0 fully saturated rings. The minimum absolute atomic E-state index is 0.0381. The van der Waals surface area contributed by atoms with Crippen molar-refractivity contribution in [3.63, 3.8) is 0 Å². The van der Waals surface area contributed by atoms with E-state index in [1.54, 1.807) is 0 Å². The predicted octanol–water partition coefficient (Wildman–Crippen LogP) is 12.5. The summed E-state index contributed by atoms with van der Waals surface area (Å²) in [5.41, 5.74) is 5.35. The molecule has 3 atom stereocenters. The predicted molar refractivity (Wildman–Crippen MR) is 239 cm³/mol. The second-order valence-electron chi connectivity index (χ2n) is 15.5. The van der Waals surface area contributed by atoms with Crippen molar-refractivity contribution in [3.05, 3.63) is 48.6 Å². The number of nitrogens with two attached hydrogens (primary N) is 1. The summed E-state index contributed by atoms with van der Waals surface area (Å²) in [6.07, 6.45) is 46.4. The summed E-state index contributed by atoms with van der Waals surface area (Å²) in [7, 11) is -4.40. The maximum atomic E-state index is 12.6. The topological polar surface area (TPSA) is 155 Å². The Kier molecular flexibility index (Phi) is 41.5. The summed E-state index contributed by atoms with van der Waals surface area (Å²) >= 11 is 0. The molecule has 0 aliphatic rings. The van der Waals surface area contributed by atoms with Crippen LogP contribution in [0.5, 0.6) is 0 Å². The third-order valence-electron chi connectivity index (χ3n) is 9.77. The Morgan fingerprint density at radius 2 is 1.05 bits per heavy atom. The monoisotopic (exact) mass is 840 g/mol. The fourth-order valence-electron chi connectivity index (χ4n) is 6.35. The molecule has 11 heteroatoms. The fourth-order valence-corrected chi connectivity index (χ4v) is 7.11. The lowest BCUT2D eigenvalue weighted by Gasteiger charge is -2.19. The number of esters is 2. The van der Waals surface area contributed by atoms with Gasteiger partial charge in [-0.15, -0.1) is 0 Å². The molecule has 0 rings (SSSR count). The van der Waals surface area contributed by atoms with Gasteiger partial charge in [0.15, 0.2) is 6.10 Å². The second kappa shape index (κ2) is 43.0. The number of carbonyl (C=O) groups excluding carboxylic acids is 2. The van der Waals surface area contributed by atoms with E-state index in [1.165, 1.54) is 103 Å². The van der Waals surface area contributed by atoms with Gasteiger partial charge in [-0.25, -0.2) is 4.57 Å². The number of rotatable bonds is 43. The van der Waals surface area contributed by atoms with Crippen molar-refractivity contribution in [2.45, 2.75) is 212 Å². The van der Waals surface area contributed by atoms with Gasteiger partial charge in [-0.2, -0.15) is 0 Å².